The third-order valence-electron chi connectivity index (χ3n) is 4.84. The van der Waals surface area contributed by atoms with Crippen LogP contribution in [0.3, 0.4) is 0 Å². The van der Waals surface area contributed by atoms with Gasteiger partial charge in [-0.2, -0.15) is 0 Å². The number of carbonyl (C=O) groups is 1. The van der Waals surface area contributed by atoms with E-state index in [0.717, 1.165) is 22.0 Å². The van der Waals surface area contributed by atoms with Gasteiger partial charge in [-0.1, -0.05) is 54.1 Å². The van der Waals surface area contributed by atoms with E-state index in [0.29, 0.717) is 13.0 Å². The summed E-state index contributed by atoms with van der Waals surface area (Å²) in [7, 11) is -2.36. The second-order valence-corrected chi connectivity index (χ2v) is 9.35. The number of sulfonamides is 1. The highest BCUT2D eigenvalue weighted by molar-refractivity contribution is 7.92. The summed E-state index contributed by atoms with van der Waals surface area (Å²) in [5, 5.41) is 3.05. The fourth-order valence-electron chi connectivity index (χ4n) is 3.21. The lowest BCUT2D eigenvalue weighted by atomic mass is 10.1. The second kappa shape index (κ2) is 11.0. The topological polar surface area (TPSA) is 75.7 Å². The molecule has 0 aliphatic rings. The SMILES string of the molecule is COc1cccc(CCCNC(=O)CN(c2ccccc2Cl)S(=O)(=O)c2ccccc2)c1. The number of anilines is 1. The number of methoxy groups -OCH3 is 1. The van der Waals surface area contributed by atoms with Gasteiger partial charge in [0, 0.05) is 6.54 Å². The third kappa shape index (κ3) is 6.02. The molecular formula is C24H25ClN2O4S. The Hall–Kier alpha value is -3.03. The second-order valence-electron chi connectivity index (χ2n) is 7.08. The van der Waals surface area contributed by atoms with E-state index in [-0.39, 0.29) is 22.2 Å². The lowest BCUT2D eigenvalue weighted by Gasteiger charge is -2.25. The van der Waals surface area contributed by atoms with Crippen LogP contribution in [-0.4, -0.2) is 34.5 Å². The van der Waals surface area contributed by atoms with E-state index in [1.54, 1.807) is 49.6 Å². The van der Waals surface area contributed by atoms with Gasteiger partial charge in [-0.25, -0.2) is 8.42 Å². The first-order chi connectivity index (χ1) is 15.4. The molecule has 0 aromatic heterocycles. The summed E-state index contributed by atoms with van der Waals surface area (Å²) in [4.78, 5) is 12.7. The van der Waals surface area contributed by atoms with Gasteiger partial charge in [0.15, 0.2) is 0 Å². The van der Waals surface area contributed by atoms with Crippen molar-refractivity contribution in [1.29, 1.82) is 0 Å². The molecule has 3 aromatic rings. The standard InChI is InChI=1S/C24H25ClN2O4S/c1-31-20-11-7-9-19(17-20)10-8-16-26-24(28)18-27(23-15-6-5-14-22(23)25)32(29,30)21-12-3-2-4-13-21/h2-7,9,11-15,17H,8,10,16,18H2,1H3,(H,26,28). The summed E-state index contributed by atoms with van der Waals surface area (Å²) in [6.07, 6.45) is 1.46. The van der Waals surface area contributed by atoms with E-state index in [4.69, 9.17) is 16.3 Å². The minimum atomic E-state index is -3.98. The molecule has 8 heteroatoms. The fraction of sp³-hybridized carbons (Fsp3) is 0.208. The lowest BCUT2D eigenvalue weighted by molar-refractivity contribution is -0.119. The first-order valence-electron chi connectivity index (χ1n) is 10.1. The van der Waals surface area contributed by atoms with E-state index in [9.17, 15) is 13.2 Å². The van der Waals surface area contributed by atoms with Gasteiger partial charge < -0.3 is 10.1 Å². The highest BCUT2D eigenvalue weighted by Crippen LogP contribution is 2.30. The van der Waals surface area contributed by atoms with Crippen LogP contribution in [0.2, 0.25) is 5.02 Å². The maximum Gasteiger partial charge on any atom is 0.264 e. The van der Waals surface area contributed by atoms with Crippen molar-refractivity contribution in [2.75, 3.05) is 24.5 Å². The van der Waals surface area contributed by atoms with Gasteiger partial charge in [0.2, 0.25) is 5.91 Å². The summed E-state index contributed by atoms with van der Waals surface area (Å²) in [6.45, 7) is 0.0396. The fourth-order valence-corrected chi connectivity index (χ4v) is 4.96. The predicted octanol–water partition coefficient (Wildman–Crippen LogP) is 4.29. The quantitative estimate of drug-likeness (QED) is 0.446. The number of aryl methyl sites for hydroxylation is 1. The van der Waals surface area contributed by atoms with Crippen molar-refractivity contribution in [2.24, 2.45) is 0 Å². The molecule has 0 spiro atoms. The number of nitrogens with one attached hydrogen (secondary N) is 1. The molecule has 0 aliphatic heterocycles. The number of benzene rings is 3. The summed E-state index contributed by atoms with van der Waals surface area (Å²) in [5.41, 5.74) is 1.35. The molecule has 0 saturated carbocycles. The van der Waals surface area contributed by atoms with Gasteiger partial charge in [-0.3, -0.25) is 9.10 Å². The maximum atomic E-state index is 13.3. The largest absolute Gasteiger partial charge is 0.497 e. The number of hydrogen-bond acceptors (Lipinski definition) is 4. The number of para-hydroxylation sites is 1. The van der Waals surface area contributed by atoms with Gasteiger partial charge >= 0.3 is 0 Å². The monoisotopic (exact) mass is 472 g/mol. The Bertz CT molecular complexity index is 1150. The molecule has 0 heterocycles. The molecule has 0 fully saturated rings. The molecule has 0 unspecified atom stereocenters. The molecule has 0 radical (unpaired) electrons. The molecule has 1 N–H and O–H groups in total. The van der Waals surface area contributed by atoms with Crippen LogP contribution in [0.25, 0.3) is 0 Å². The first kappa shape index (κ1) is 23.6. The van der Waals surface area contributed by atoms with Crippen LogP contribution in [0.4, 0.5) is 5.69 Å². The Labute approximate surface area is 193 Å². The Morgan fingerprint density at radius 3 is 2.44 bits per heavy atom. The van der Waals surface area contributed by atoms with Crippen LogP contribution in [0, 0.1) is 0 Å². The van der Waals surface area contributed by atoms with E-state index in [1.165, 1.54) is 12.1 Å². The average molecular weight is 473 g/mol. The van der Waals surface area contributed by atoms with Gasteiger partial charge in [-0.05, 0) is 54.8 Å². The molecular weight excluding hydrogens is 448 g/mol. The van der Waals surface area contributed by atoms with Crippen molar-refractivity contribution >= 4 is 33.2 Å². The number of carbonyl (C=O) groups excluding carboxylic acids is 1. The Morgan fingerprint density at radius 1 is 1.00 bits per heavy atom. The zero-order valence-electron chi connectivity index (χ0n) is 17.7. The minimum Gasteiger partial charge on any atom is -0.497 e. The van der Waals surface area contributed by atoms with Crippen LogP contribution in [0.1, 0.15) is 12.0 Å². The third-order valence-corrected chi connectivity index (χ3v) is 6.93. The van der Waals surface area contributed by atoms with Gasteiger partial charge in [0.05, 0.1) is 22.7 Å². The molecule has 0 saturated heterocycles. The van der Waals surface area contributed by atoms with Crippen molar-refractivity contribution in [2.45, 2.75) is 17.7 Å². The molecule has 0 bridgehead atoms. The number of ether oxygens (including phenoxy) is 1. The van der Waals surface area contributed by atoms with Crippen molar-refractivity contribution in [3.8, 4) is 5.75 Å². The van der Waals surface area contributed by atoms with Crippen LogP contribution in [0.15, 0.2) is 83.8 Å². The summed E-state index contributed by atoms with van der Waals surface area (Å²) in [5.74, 6) is 0.378. The molecule has 0 aliphatic carbocycles. The number of rotatable bonds is 10. The zero-order chi connectivity index (χ0) is 23.0. The van der Waals surface area contributed by atoms with Crippen LogP contribution >= 0.6 is 11.6 Å². The first-order valence-corrected chi connectivity index (χ1v) is 12.0. The number of amides is 1. The van der Waals surface area contributed by atoms with E-state index < -0.39 is 15.9 Å². The van der Waals surface area contributed by atoms with Crippen molar-refractivity contribution in [3.05, 3.63) is 89.4 Å². The number of nitrogens with zero attached hydrogens (tertiary/aromatic N) is 1. The van der Waals surface area contributed by atoms with Crippen LogP contribution < -0.4 is 14.4 Å². The van der Waals surface area contributed by atoms with Gasteiger partial charge in [0.1, 0.15) is 12.3 Å². The molecule has 3 aromatic carbocycles. The zero-order valence-corrected chi connectivity index (χ0v) is 19.3. The van der Waals surface area contributed by atoms with Crippen molar-refractivity contribution in [1.82, 2.24) is 5.32 Å². The summed E-state index contributed by atoms with van der Waals surface area (Å²) >= 11 is 6.27. The summed E-state index contributed by atoms with van der Waals surface area (Å²) in [6, 6.07) is 22.3. The van der Waals surface area contributed by atoms with Crippen LogP contribution in [-0.2, 0) is 21.2 Å². The Kier molecular flexibility index (Phi) is 8.14. The van der Waals surface area contributed by atoms with Crippen molar-refractivity contribution in [3.63, 3.8) is 0 Å². The minimum absolute atomic E-state index is 0.0887. The molecule has 6 nitrogen and oxygen atoms in total. The molecule has 1 amide bonds. The molecule has 32 heavy (non-hydrogen) atoms. The van der Waals surface area contributed by atoms with E-state index in [1.807, 2.05) is 24.3 Å². The summed E-state index contributed by atoms with van der Waals surface area (Å²) < 4.78 is 32.8. The Morgan fingerprint density at radius 2 is 1.72 bits per heavy atom. The number of halogens is 1. The maximum absolute atomic E-state index is 13.3. The van der Waals surface area contributed by atoms with E-state index in [2.05, 4.69) is 5.32 Å². The van der Waals surface area contributed by atoms with Crippen molar-refractivity contribution < 1.29 is 17.9 Å². The smallest absolute Gasteiger partial charge is 0.264 e. The number of hydrogen-bond donors (Lipinski definition) is 1. The highest BCUT2D eigenvalue weighted by atomic mass is 35.5. The average Bonchev–Trinajstić information content (AvgIpc) is 2.81. The van der Waals surface area contributed by atoms with E-state index >= 15 is 0 Å². The Balaban J connectivity index is 1.68. The van der Waals surface area contributed by atoms with Crippen LogP contribution in [0.5, 0.6) is 5.75 Å². The normalized spacial score (nSPS) is 11.1. The highest BCUT2D eigenvalue weighted by Gasteiger charge is 2.28. The lowest BCUT2D eigenvalue weighted by Crippen LogP contribution is -2.41. The molecule has 0 atom stereocenters. The molecule has 168 valence electrons. The van der Waals surface area contributed by atoms with Gasteiger partial charge in [0.25, 0.3) is 10.0 Å². The van der Waals surface area contributed by atoms with Gasteiger partial charge in [-0.15, -0.1) is 0 Å². The predicted molar refractivity (Wildman–Crippen MR) is 127 cm³/mol. The molecule has 3 rings (SSSR count).